The maximum atomic E-state index is 3.61. The van der Waals surface area contributed by atoms with Crippen molar-refractivity contribution in [1.29, 1.82) is 0 Å². The molecule has 2 nitrogen and oxygen atoms in total. The van der Waals surface area contributed by atoms with Gasteiger partial charge in [-0.3, -0.25) is 0 Å². The highest BCUT2D eigenvalue weighted by molar-refractivity contribution is 5.47. The zero-order chi connectivity index (χ0) is 14.5. The third kappa shape index (κ3) is 4.87. The van der Waals surface area contributed by atoms with E-state index in [-0.39, 0.29) is 5.41 Å². The first-order valence-corrected chi connectivity index (χ1v) is 7.38. The minimum atomic E-state index is 0.244. The second-order valence-corrected chi connectivity index (χ2v) is 6.36. The Hall–Kier alpha value is -1.02. The Balaban J connectivity index is 2.66. The number of benzene rings is 1. The summed E-state index contributed by atoms with van der Waals surface area (Å²) in [6.45, 7) is 13.5. The number of anilines is 1. The van der Waals surface area contributed by atoms with Crippen molar-refractivity contribution in [2.45, 2.75) is 47.1 Å². The monoisotopic (exact) mass is 262 g/mol. The molecule has 1 aromatic rings. The van der Waals surface area contributed by atoms with Crippen molar-refractivity contribution in [1.82, 2.24) is 5.32 Å². The van der Waals surface area contributed by atoms with Gasteiger partial charge < -0.3 is 10.2 Å². The van der Waals surface area contributed by atoms with Crippen LogP contribution in [0.15, 0.2) is 24.3 Å². The van der Waals surface area contributed by atoms with Crippen LogP contribution in [0, 0.1) is 12.3 Å². The summed E-state index contributed by atoms with van der Waals surface area (Å²) in [5, 5.41) is 3.61. The maximum Gasteiger partial charge on any atom is 0.0366 e. The van der Waals surface area contributed by atoms with Gasteiger partial charge in [0.05, 0.1) is 0 Å². The molecule has 0 aromatic heterocycles. The number of aryl methyl sites for hydroxylation is 1. The molecule has 2 heteroatoms. The first kappa shape index (κ1) is 16.0. The fourth-order valence-corrected chi connectivity index (χ4v) is 2.34. The summed E-state index contributed by atoms with van der Waals surface area (Å²) in [4.78, 5) is 2.36. The van der Waals surface area contributed by atoms with Gasteiger partial charge >= 0.3 is 0 Å². The predicted molar refractivity (Wildman–Crippen MR) is 86.0 cm³/mol. The van der Waals surface area contributed by atoms with Gasteiger partial charge in [-0.1, -0.05) is 32.9 Å². The van der Waals surface area contributed by atoms with Gasteiger partial charge in [-0.25, -0.2) is 0 Å². The summed E-state index contributed by atoms with van der Waals surface area (Å²) in [5.74, 6) is 0. The molecule has 1 unspecified atom stereocenters. The molecule has 0 spiro atoms. The second-order valence-electron chi connectivity index (χ2n) is 6.36. The molecule has 0 fully saturated rings. The number of hydrogen-bond acceptors (Lipinski definition) is 2. The summed E-state index contributed by atoms with van der Waals surface area (Å²) < 4.78 is 0. The van der Waals surface area contributed by atoms with Crippen LogP contribution in [0.1, 0.15) is 39.7 Å². The van der Waals surface area contributed by atoms with E-state index in [2.05, 4.69) is 76.1 Å². The lowest BCUT2D eigenvalue weighted by Crippen LogP contribution is -2.46. The summed E-state index contributed by atoms with van der Waals surface area (Å²) in [6, 6.07) is 9.23. The molecular formula is C17H30N2. The Morgan fingerprint density at radius 2 is 2.00 bits per heavy atom. The second kappa shape index (κ2) is 6.95. The van der Waals surface area contributed by atoms with Gasteiger partial charge in [0, 0.05) is 25.3 Å². The molecule has 0 aliphatic heterocycles. The van der Waals surface area contributed by atoms with Crippen LogP contribution in [-0.2, 0) is 0 Å². The molecule has 0 saturated heterocycles. The Labute approximate surface area is 119 Å². The fourth-order valence-electron chi connectivity index (χ4n) is 2.34. The summed E-state index contributed by atoms with van der Waals surface area (Å²) in [5.41, 5.74) is 2.86. The van der Waals surface area contributed by atoms with Crippen molar-refractivity contribution >= 4 is 5.69 Å². The van der Waals surface area contributed by atoms with E-state index < -0.39 is 0 Å². The molecule has 108 valence electrons. The van der Waals surface area contributed by atoms with Crippen LogP contribution in [0.5, 0.6) is 0 Å². The molecule has 1 aromatic carbocycles. The first-order chi connectivity index (χ1) is 8.86. The molecule has 1 rings (SSSR count). The van der Waals surface area contributed by atoms with E-state index in [1.54, 1.807) is 0 Å². The van der Waals surface area contributed by atoms with Crippen molar-refractivity contribution in [3.63, 3.8) is 0 Å². The molecule has 0 bridgehead atoms. The van der Waals surface area contributed by atoms with Crippen LogP contribution in [0.3, 0.4) is 0 Å². The van der Waals surface area contributed by atoms with E-state index in [1.165, 1.54) is 17.7 Å². The normalized spacial score (nSPS) is 13.4. The topological polar surface area (TPSA) is 15.3 Å². The van der Waals surface area contributed by atoms with Crippen molar-refractivity contribution in [3.8, 4) is 0 Å². The lowest BCUT2D eigenvalue weighted by Gasteiger charge is -2.37. The average Bonchev–Trinajstić information content (AvgIpc) is 2.35. The van der Waals surface area contributed by atoms with Crippen LogP contribution >= 0.6 is 0 Å². The van der Waals surface area contributed by atoms with Crippen LogP contribution in [-0.4, -0.2) is 26.2 Å². The summed E-state index contributed by atoms with van der Waals surface area (Å²) in [6.07, 6.45) is 1.19. The molecule has 19 heavy (non-hydrogen) atoms. The zero-order valence-corrected chi connectivity index (χ0v) is 13.5. The third-order valence-electron chi connectivity index (χ3n) is 3.96. The zero-order valence-electron chi connectivity index (χ0n) is 13.5. The molecule has 0 amide bonds. The van der Waals surface area contributed by atoms with Crippen molar-refractivity contribution in [2.75, 3.05) is 25.0 Å². The Morgan fingerprint density at radius 1 is 1.32 bits per heavy atom. The van der Waals surface area contributed by atoms with Crippen LogP contribution in [0.4, 0.5) is 5.69 Å². The van der Waals surface area contributed by atoms with Crippen molar-refractivity contribution < 1.29 is 0 Å². The average molecular weight is 262 g/mol. The van der Waals surface area contributed by atoms with Gasteiger partial charge in [0.2, 0.25) is 0 Å². The lowest BCUT2D eigenvalue weighted by molar-refractivity contribution is 0.263. The molecular weight excluding hydrogens is 232 g/mol. The van der Waals surface area contributed by atoms with Crippen molar-refractivity contribution in [2.24, 2.45) is 5.41 Å². The number of hydrogen-bond donors (Lipinski definition) is 1. The number of rotatable bonds is 7. The van der Waals surface area contributed by atoms with Gasteiger partial charge in [0.1, 0.15) is 0 Å². The Morgan fingerprint density at radius 3 is 2.58 bits per heavy atom. The number of nitrogens with zero attached hydrogens (tertiary/aromatic N) is 1. The third-order valence-corrected chi connectivity index (χ3v) is 3.96. The van der Waals surface area contributed by atoms with Gasteiger partial charge in [-0.2, -0.15) is 0 Å². The molecule has 0 aliphatic carbocycles. The highest BCUT2D eigenvalue weighted by atomic mass is 15.1. The lowest BCUT2D eigenvalue weighted by atomic mass is 9.84. The SMILES string of the molecule is CCCNC(C)C(C)(C)CN(C)c1cccc(C)c1. The Kier molecular flexibility index (Phi) is 5.86. The quantitative estimate of drug-likeness (QED) is 0.803. The van der Waals surface area contributed by atoms with E-state index in [0.29, 0.717) is 6.04 Å². The molecule has 1 atom stereocenters. The van der Waals surface area contributed by atoms with Gasteiger partial charge in [-0.15, -0.1) is 0 Å². The van der Waals surface area contributed by atoms with E-state index in [9.17, 15) is 0 Å². The Bertz CT molecular complexity index is 385. The smallest absolute Gasteiger partial charge is 0.0366 e. The molecule has 0 saturated carbocycles. The first-order valence-electron chi connectivity index (χ1n) is 7.38. The van der Waals surface area contributed by atoms with Crippen LogP contribution in [0.25, 0.3) is 0 Å². The summed E-state index contributed by atoms with van der Waals surface area (Å²) >= 11 is 0. The van der Waals surface area contributed by atoms with Gasteiger partial charge in [-0.05, 0) is 49.9 Å². The van der Waals surface area contributed by atoms with E-state index in [0.717, 1.165) is 13.1 Å². The van der Waals surface area contributed by atoms with Crippen molar-refractivity contribution in [3.05, 3.63) is 29.8 Å². The van der Waals surface area contributed by atoms with Gasteiger partial charge in [0.25, 0.3) is 0 Å². The van der Waals surface area contributed by atoms with Gasteiger partial charge in [0.15, 0.2) is 0 Å². The minimum absolute atomic E-state index is 0.244. The largest absolute Gasteiger partial charge is 0.374 e. The fraction of sp³-hybridized carbons (Fsp3) is 0.647. The highest BCUT2D eigenvalue weighted by Crippen LogP contribution is 2.25. The van der Waals surface area contributed by atoms with E-state index in [4.69, 9.17) is 0 Å². The molecule has 0 heterocycles. The number of nitrogens with one attached hydrogen (secondary N) is 1. The van der Waals surface area contributed by atoms with E-state index >= 15 is 0 Å². The predicted octanol–water partition coefficient (Wildman–Crippen LogP) is 3.85. The van der Waals surface area contributed by atoms with Crippen LogP contribution < -0.4 is 10.2 Å². The van der Waals surface area contributed by atoms with Crippen LogP contribution in [0.2, 0.25) is 0 Å². The minimum Gasteiger partial charge on any atom is -0.374 e. The molecule has 1 N–H and O–H groups in total. The standard InChI is InChI=1S/C17H30N2/c1-7-11-18-15(3)17(4,5)13-19(6)16-10-8-9-14(2)12-16/h8-10,12,15,18H,7,11,13H2,1-6H3. The summed E-state index contributed by atoms with van der Waals surface area (Å²) in [7, 11) is 2.18. The maximum absolute atomic E-state index is 3.61. The van der Waals surface area contributed by atoms with E-state index in [1.807, 2.05) is 0 Å². The molecule has 0 aliphatic rings. The molecule has 0 radical (unpaired) electrons. The highest BCUT2D eigenvalue weighted by Gasteiger charge is 2.27.